The molecule has 1 aliphatic heterocycles. The Kier molecular flexibility index (Phi) is 6.05. The molecule has 1 saturated heterocycles. The third-order valence-electron chi connectivity index (χ3n) is 4.05. The molecule has 0 spiro atoms. The second-order valence-corrected chi connectivity index (χ2v) is 5.63. The van der Waals surface area contributed by atoms with E-state index in [1.54, 1.807) is 7.11 Å². The molecule has 0 radical (unpaired) electrons. The van der Waals surface area contributed by atoms with Gasteiger partial charge in [0.05, 0.1) is 13.5 Å². The van der Waals surface area contributed by atoms with Crippen molar-refractivity contribution < 1.29 is 9.53 Å². The highest BCUT2D eigenvalue weighted by molar-refractivity contribution is 5.78. The molecule has 0 aromatic heterocycles. The molecule has 0 unspecified atom stereocenters. The molecule has 0 atom stereocenters. The summed E-state index contributed by atoms with van der Waals surface area (Å²) in [7, 11) is 1.65. The quantitative estimate of drug-likeness (QED) is 0.873. The maximum atomic E-state index is 12.3. The molecular weight excluding hydrogens is 264 g/mol. The first-order chi connectivity index (χ1) is 10.2. The van der Waals surface area contributed by atoms with Crippen molar-refractivity contribution in [3.63, 3.8) is 0 Å². The number of benzene rings is 1. The number of amides is 1. The zero-order chi connectivity index (χ0) is 15.1. The molecule has 1 aliphatic rings. The van der Waals surface area contributed by atoms with Gasteiger partial charge < -0.3 is 15.0 Å². The van der Waals surface area contributed by atoms with Crippen LogP contribution < -0.4 is 10.1 Å². The molecule has 1 aromatic carbocycles. The number of carbonyl (C=O) groups is 1. The fourth-order valence-electron chi connectivity index (χ4n) is 2.71. The van der Waals surface area contributed by atoms with Gasteiger partial charge in [0.1, 0.15) is 5.75 Å². The molecule has 1 fully saturated rings. The Labute approximate surface area is 127 Å². The third kappa shape index (κ3) is 4.74. The standard InChI is InChI=1S/C17H26N2O2/c1-3-10-18-15-8-11-19(12-9-15)17(20)13-14-4-6-16(21-2)7-5-14/h4-7,15,18H,3,8-13H2,1-2H3. The van der Waals surface area contributed by atoms with Crippen LogP contribution in [0.3, 0.4) is 0 Å². The highest BCUT2D eigenvalue weighted by Gasteiger charge is 2.22. The summed E-state index contributed by atoms with van der Waals surface area (Å²) in [4.78, 5) is 14.3. The third-order valence-corrected chi connectivity index (χ3v) is 4.05. The SMILES string of the molecule is CCCNC1CCN(C(=O)Cc2ccc(OC)cc2)CC1. The van der Waals surface area contributed by atoms with E-state index in [2.05, 4.69) is 12.2 Å². The molecule has 0 aliphatic carbocycles. The molecule has 4 heteroatoms. The molecule has 0 saturated carbocycles. The maximum absolute atomic E-state index is 12.3. The van der Waals surface area contributed by atoms with Crippen LogP contribution in [0.1, 0.15) is 31.7 Å². The predicted molar refractivity (Wildman–Crippen MR) is 84.6 cm³/mol. The zero-order valence-corrected chi connectivity index (χ0v) is 13.1. The molecule has 4 nitrogen and oxygen atoms in total. The summed E-state index contributed by atoms with van der Waals surface area (Å²) in [6.45, 7) is 5.00. The minimum Gasteiger partial charge on any atom is -0.497 e. The van der Waals surface area contributed by atoms with E-state index in [0.717, 1.165) is 50.2 Å². The van der Waals surface area contributed by atoms with Crippen molar-refractivity contribution in [2.45, 2.75) is 38.6 Å². The summed E-state index contributed by atoms with van der Waals surface area (Å²) in [6, 6.07) is 8.32. The lowest BCUT2D eigenvalue weighted by Crippen LogP contribution is -2.45. The lowest BCUT2D eigenvalue weighted by atomic mass is 10.0. The minimum absolute atomic E-state index is 0.231. The van der Waals surface area contributed by atoms with Gasteiger partial charge in [-0.05, 0) is 43.5 Å². The summed E-state index contributed by atoms with van der Waals surface area (Å²) >= 11 is 0. The van der Waals surface area contributed by atoms with Gasteiger partial charge >= 0.3 is 0 Å². The first-order valence-electron chi connectivity index (χ1n) is 7.87. The van der Waals surface area contributed by atoms with E-state index in [-0.39, 0.29) is 5.91 Å². The van der Waals surface area contributed by atoms with Gasteiger partial charge in [0.2, 0.25) is 5.91 Å². The number of hydrogen-bond donors (Lipinski definition) is 1. The van der Waals surface area contributed by atoms with Crippen LogP contribution in [0.2, 0.25) is 0 Å². The van der Waals surface area contributed by atoms with Crippen LogP contribution in [0.5, 0.6) is 5.75 Å². The molecule has 1 heterocycles. The van der Waals surface area contributed by atoms with Gasteiger partial charge in [0.25, 0.3) is 0 Å². The van der Waals surface area contributed by atoms with Gasteiger partial charge in [-0.2, -0.15) is 0 Å². The van der Waals surface area contributed by atoms with Gasteiger partial charge in [0, 0.05) is 19.1 Å². The number of nitrogens with one attached hydrogen (secondary N) is 1. The van der Waals surface area contributed by atoms with E-state index < -0.39 is 0 Å². The summed E-state index contributed by atoms with van der Waals surface area (Å²) in [5, 5.41) is 3.54. The average molecular weight is 290 g/mol. The number of nitrogens with zero attached hydrogens (tertiary/aromatic N) is 1. The van der Waals surface area contributed by atoms with Gasteiger partial charge in [0.15, 0.2) is 0 Å². The minimum atomic E-state index is 0.231. The number of piperidine rings is 1. The number of ether oxygens (including phenoxy) is 1. The van der Waals surface area contributed by atoms with E-state index in [9.17, 15) is 4.79 Å². The number of methoxy groups -OCH3 is 1. The van der Waals surface area contributed by atoms with Crippen molar-refractivity contribution in [2.75, 3.05) is 26.7 Å². The summed E-state index contributed by atoms with van der Waals surface area (Å²) in [5.41, 5.74) is 1.05. The molecule has 1 N–H and O–H groups in total. The Bertz CT molecular complexity index is 437. The van der Waals surface area contributed by atoms with Crippen molar-refractivity contribution in [3.8, 4) is 5.75 Å². The van der Waals surface area contributed by atoms with Gasteiger partial charge in [-0.1, -0.05) is 19.1 Å². The van der Waals surface area contributed by atoms with E-state index in [1.807, 2.05) is 29.2 Å². The van der Waals surface area contributed by atoms with E-state index in [0.29, 0.717) is 12.5 Å². The van der Waals surface area contributed by atoms with Gasteiger partial charge in [-0.3, -0.25) is 4.79 Å². The number of hydrogen-bond acceptors (Lipinski definition) is 3. The first-order valence-corrected chi connectivity index (χ1v) is 7.87. The van der Waals surface area contributed by atoms with Crippen LogP contribution in [-0.4, -0.2) is 43.6 Å². The van der Waals surface area contributed by atoms with Crippen LogP contribution in [-0.2, 0) is 11.2 Å². The Morgan fingerprint density at radius 2 is 1.95 bits per heavy atom. The monoisotopic (exact) mass is 290 g/mol. The molecule has 2 rings (SSSR count). The van der Waals surface area contributed by atoms with Crippen molar-refractivity contribution in [1.82, 2.24) is 10.2 Å². The molecular formula is C17H26N2O2. The number of likely N-dealkylation sites (tertiary alicyclic amines) is 1. The van der Waals surface area contributed by atoms with E-state index >= 15 is 0 Å². The Hall–Kier alpha value is -1.55. The molecule has 1 aromatic rings. The van der Waals surface area contributed by atoms with Crippen molar-refractivity contribution in [3.05, 3.63) is 29.8 Å². The second kappa shape index (κ2) is 8.03. The second-order valence-electron chi connectivity index (χ2n) is 5.63. The van der Waals surface area contributed by atoms with Crippen LogP contribution in [0.15, 0.2) is 24.3 Å². The number of rotatable bonds is 6. The smallest absolute Gasteiger partial charge is 0.226 e. The summed E-state index contributed by atoms with van der Waals surface area (Å²) in [5.74, 6) is 1.06. The van der Waals surface area contributed by atoms with Crippen molar-refractivity contribution >= 4 is 5.91 Å². The fraction of sp³-hybridized carbons (Fsp3) is 0.588. The summed E-state index contributed by atoms with van der Waals surface area (Å²) < 4.78 is 5.13. The predicted octanol–water partition coefficient (Wildman–Crippen LogP) is 2.23. The maximum Gasteiger partial charge on any atom is 0.226 e. The highest BCUT2D eigenvalue weighted by Crippen LogP contribution is 2.15. The summed E-state index contributed by atoms with van der Waals surface area (Å²) in [6.07, 6.45) is 3.77. The largest absolute Gasteiger partial charge is 0.497 e. The first kappa shape index (κ1) is 15.8. The van der Waals surface area contributed by atoms with Crippen LogP contribution >= 0.6 is 0 Å². The fourth-order valence-corrected chi connectivity index (χ4v) is 2.71. The van der Waals surface area contributed by atoms with E-state index in [1.165, 1.54) is 0 Å². The zero-order valence-electron chi connectivity index (χ0n) is 13.1. The highest BCUT2D eigenvalue weighted by atomic mass is 16.5. The van der Waals surface area contributed by atoms with Crippen LogP contribution in [0.25, 0.3) is 0 Å². The van der Waals surface area contributed by atoms with Gasteiger partial charge in [-0.25, -0.2) is 0 Å². The molecule has 0 bridgehead atoms. The van der Waals surface area contributed by atoms with E-state index in [4.69, 9.17) is 4.74 Å². The molecule has 1 amide bonds. The van der Waals surface area contributed by atoms with Crippen LogP contribution in [0, 0.1) is 0 Å². The Morgan fingerprint density at radius 1 is 1.29 bits per heavy atom. The number of carbonyl (C=O) groups excluding carboxylic acids is 1. The molecule has 21 heavy (non-hydrogen) atoms. The Balaban J connectivity index is 1.78. The average Bonchev–Trinajstić information content (AvgIpc) is 2.54. The lowest BCUT2D eigenvalue weighted by molar-refractivity contribution is -0.131. The Morgan fingerprint density at radius 3 is 2.52 bits per heavy atom. The molecule has 116 valence electrons. The van der Waals surface area contributed by atoms with Crippen molar-refractivity contribution in [2.24, 2.45) is 0 Å². The van der Waals surface area contributed by atoms with Crippen molar-refractivity contribution in [1.29, 1.82) is 0 Å². The normalized spacial score (nSPS) is 16.0. The topological polar surface area (TPSA) is 41.6 Å². The lowest BCUT2D eigenvalue weighted by Gasteiger charge is -2.32. The van der Waals surface area contributed by atoms with Gasteiger partial charge in [-0.15, -0.1) is 0 Å². The van der Waals surface area contributed by atoms with Crippen LogP contribution in [0.4, 0.5) is 0 Å².